The molecule has 5 nitrogen and oxygen atoms in total. The highest BCUT2D eigenvalue weighted by Crippen LogP contribution is 2.51. The van der Waals surface area contributed by atoms with Crippen LogP contribution >= 0.6 is 0 Å². The minimum Gasteiger partial charge on any atom is -0.390 e. The van der Waals surface area contributed by atoms with E-state index in [2.05, 4.69) is 33.8 Å². The van der Waals surface area contributed by atoms with Crippen LogP contribution in [0, 0.1) is 0 Å². The van der Waals surface area contributed by atoms with Crippen LogP contribution in [0.25, 0.3) is 11.3 Å². The Bertz CT molecular complexity index is 915. The van der Waals surface area contributed by atoms with Gasteiger partial charge in [-0.05, 0) is 37.1 Å². The van der Waals surface area contributed by atoms with Gasteiger partial charge in [0.15, 0.2) is 0 Å². The quantitative estimate of drug-likeness (QED) is 0.748. The summed E-state index contributed by atoms with van der Waals surface area (Å²) >= 11 is 0. The Morgan fingerprint density at radius 3 is 2.54 bits per heavy atom. The molecular formula is C21H22N4O. The number of aliphatic hydroxyl groups is 1. The van der Waals surface area contributed by atoms with Gasteiger partial charge >= 0.3 is 0 Å². The van der Waals surface area contributed by atoms with Crippen LogP contribution in [0.5, 0.6) is 0 Å². The monoisotopic (exact) mass is 346 g/mol. The molecule has 1 fully saturated rings. The Morgan fingerprint density at radius 1 is 1.00 bits per heavy atom. The molecule has 0 bridgehead atoms. The number of nitrogens with one attached hydrogen (secondary N) is 1. The zero-order chi connectivity index (χ0) is 17.6. The zero-order valence-electron chi connectivity index (χ0n) is 14.5. The second-order valence-corrected chi connectivity index (χ2v) is 7.33. The largest absolute Gasteiger partial charge is 0.390 e. The second-order valence-electron chi connectivity index (χ2n) is 7.33. The van der Waals surface area contributed by atoms with Crippen LogP contribution in [0.4, 0.5) is 0 Å². The van der Waals surface area contributed by atoms with Gasteiger partial charge in [0.1, 0.15) is 11.7 Å². The van der Waals surface area contributed by atoms with Crippen molar-refractivity contribution >= 4 is 0 Å². The number of fused-ring (bicyclic) bond motifs is 2. The van der Waals surface area contributed by atoms with E-state index in [1.165, 1.54) is 11.1 Å². The summed E-state index contributed by atoms with van der Waals surface area (Å²) in [7, 11) is 0. The molecule has 0 unspecified atom stereocenters. The third kappa shape index (κ3) is 2.24. The molecule has 1 spiro atoms. The number of piperidine rings is 1. The van der Waals surface area contributed by atoms with Gasteiger partial charge in [0.05, 0.1) is 12.3 Å². The average molecular weight is 346 g/mol. The summed E-state index contributed by atoms with van der Waals surface area (Å²) in [5.74, 6) is 0. The molecule has 5 rings (SSSR count). The summed E-state index contributed by atoms with van der Waals surface area (Å²) in [5.41, 5.74) is 4.13. The van der Waals surface area contributed by atoms with E-state index in [0.29, 0.717) is 0 Å². The van der Waals surface area contributed by atoms with Crippen LogP contribution in [-0.2, 0) is 5.41 Å². The molecule has 2 atom stereocenters. The summed E-state index contributed by atoms with van der Waals surface area (Å²) < 4.78 is 1.85. The second kappa shape index (κ2) is 6.04. The van der Waals surface area contributed by atoms with Gasteiger partial charge in [0.2, 0.25) is 0 Å². The number of aliphatic hydroxyl groups excluding tert-OH is 1. The van der Waals surface area contributed by atoms with E-state index in [4.69, 9.17) is 0 Å². The lowest BCUT2D eigenvalue weighted by atomic mass is 9.72. The van der Waals surface area contributed by atoms with E-state index in [1.807, 2.05) is 47.3 Å². The lowest BCUT2D eigenvalue weighted by Crippen LogP contribution is -2.47. The van der Waals surface area contributed by atoms with E-state index in [0.717, 1.165) is 37.2 Å². The third-order valence-electron chi connectivity index (χ3n) is 6.04. The van der Waals surface area contributed by atoms with Crippen LogP contribution in [0.15, 0.2) is 60.8 Å². The number of rotatable bonds is 2. The maximum absolute atomic E-state index is 11.4. The molecule has 1 aliphatic heterocycles. The minimum atomic E-state index is -0.493. The van der Waals surface area contributed by atoms with Gasteiger partial charge in [-0.2, -0.15) is 0 Å². The van der Waals surface area contributed by atoms with Gasteiger partial charge in [-0.3, -0.25) is 0 Å². The van der Waals surface area contributed by atoms with Crippen molar-refractivity contribution in [3.8, 4) is 11.3 Å². The van der Waals surface area contributed by atoms with E-state index in [9.17, 15) is 5.11 Å². The van der Waals surface area contributed by atoms with Crippen molar-refractivity contribution in [2.24, 2.45) is 0 Å². The number of aromatic nitrogens is 3. The first kappa shape index (κ1) is 15.7. The fourth-order valence-electron chi connectivity index (χ4n) is 4.72. The fourth-order valence-corrected chi connectivity index (χ4v) is 4.72. The van der Waals surface area contributed by atoms with Crippen molar-refractivity contribution in [1.82, 2.24) is 20.3 Å². The first-order valence-electron chi connectivity index (χ1n) is 9.25. The predicted molar refractivity (Wildman–Crippen MR) is 99.8 cm³/mol. The molecule has 5 heteroatoms. The fraction of sp³-hybridized carbons (Fsp3) is 0.333. The van der Waals surface area contributed by atoms with Gasteiger partial charge in [-0.1, -0.05) is 59.8 Å². The molecule has 2 heterocycles. The molecule has 2 aliphatic rings. The van der Waals surface area contributed by atoms with Crippen molar-refractivity contribution in [2.45, 2.75) is 30.4 Å². The highest BCUT2D eigenvalue weighted by Gasteiger charge is 2.52. The van der Waals surface area contributed by atoms with Crippen molar-refractivity contribution in [3.63, 3.8) is 0 Å². The molecular weight excluding hydrogens is 324 g/mol. The van der Waals surface area contributed by atoms with Gasteiger partial charge in [-0.15, -0.1) is 5.10 Å². The van der Waals surface area contributed by atoms with Crippen LogP contribution in [-0.4, -0.2) is 39.3 Å². The molecule has 132 valence electrons. The van der Waals surface area contributed by atoms with Crippen LogP contribution in [0.1, 0.15) is 30.0 Å². The first-order valence-corrected chi connectivity index (χ1v) is 9.25. The first-order chi connectivity index (χ1) is 12.8. The molecule has 1 saturated heterocycles. The van der Waals surface area contributed by atoms with Crippen molar-refractivity contribution in [2.75, 3.05) is 13.1 Å². The lowest BCUT2D eigenvalue weighted by Gasteiger charge is -2.38. The van der Waals surface area contributed by atoms with Crippen molar-refractivity contribution < 1.29 is 5.11 Å². The smallest absolute Gasteiger partial charge is 0.113 e. The Hall–Kier alpha value is -2.50. The summed E-state index contributed by atoms with van der Waals surface area (Å²) in [6.45, 7) is 1.87. The van der Waals surface area contributed by atoms with Crippen LogP contribution in [0.2, 0.25) is 0 Å². The molecule has 0 amide bonds. The molecule has 2 aromatic carbocycles. The maximum atomic E-state index is 11.4. The summed E-state index contributed by atoms with van der Waals surface area (Å²) in [5, 5.41) is 23.6. The Labute approximate surface area is 152 Å². The van der Waals surface area contributed by atoms with E-state index >= 15 is 0 Å². The number of benzene rings is 2. The highest BCUT2D eigenvalue weighted by molar-refractivity contribution is 5.57. The van der Waals surface area contributed by atoms with E-state index < -0.39 is 6.10 Å². The highest BCUT2D eigenvalue weighted by atomic mass is 16.3. The SMILES string of the molecule is O[C@@H]1[C@@H](n2cc(-c3ccccc3)nn2)c2ccccc2C12CCNCC2. The molecule has 26 heavy (non-hydrogen) atoms. The van der Waals surface area contributed by atoms with Crippen LogP contribution < -0.4 is 5.32 Å². The molecule has 1 aliphatic carbocycles. The Morgan fingerprint density at radius 2 is 1.73 bits per heavy atom. The molecule has 2 N–H and O–H groups in total. The predicted octanol–water partition coefficient (Wildman–Crippen LogP) is 2.53. The summed E-state index contributed by atoms with van der Waals surface area (Å²) in [6.07, 6.45) is 3.36. The molecule has 0 saturated carbocycles. The Kier molecular flexibility index (Phi) is 3.65. The normalized spacial score (nSPS) is 23.9. The lowest BCUT2D eigenvalue weighted by molar-refractivity contribution is 0.0421. The van der Waals surface area contributed by atoms with Gasteiger partial charge < -0.3 is 10.4 Å². The number of hydrogen-bond acceptors (Lipinski definition) is 4. The van der Waals surface area contributed by atoms with Crippen molar-refractivity contribution in [3.05, 3.63) is 71.9 Å². The topological polar surface area (TPSA) is 63.0 Å². The minimum absolute atomic E-state index is 0.186. The van der Waals surface area contributed by atoms with Crippen molar-refractivity contribution in [1.29, 1.82) is 0 Å². The Balaban J connectivity index is 1.59. The standard InChI is InChI=1S/C21H22N4O/c26-20-19(25-14-18(23-24-25)15-6-2-1-3-7-15)16-8-4-5-9-17(16)21(20)10-12-22-13-11-21/h1-9,14,19-20,22,26H,10-13H2/t19-,20+/m0/s1. The summed E-state index contributed by atoms with van der Waals surface area (Å²) in [6, 6.07) is 18.3. The van der Waals surface area contributed by atoms with Gasteiger partial charge in [0.25, 0.3) is 0 Å². The maximum Gasteiger partial charge on any atom is 0.113 e. The molecule has 1 aromatic heterocycles. The average Bonchev–Trinajstić information content (AvgIpc) is 3.27. The third-order valence-corrected chi connectivity index (χ3v) is 6.04. The zero-order valence-corrected chi connectivity index (χ0v) is 14.5. The van der Waals surface area contributed by atoms with Crippen LogP contribution in [0.3, 0.4) is 0 Å². The summed E-state index contributed by atoms with van der Waals surface area (Å²) in [4.78, 5) is 0. The number of hydrogen-bond donors (Lipinski definition) is 2. The van der Waals surface area contributed by atoms with Gasteiger partial charge in [0, 0.05) is 11.0 Å². The number of nitrogens with zero attached hydrogens (tertiary/aromatic N) is 3. The molecule has 0 radical (unpaired) electrons. The molecule has 3 aromatic rings. The van der Waals surface area contributed by atoms with E-state index in [1.54, 1.807) is 0 Å². The van der Waals surface area contributed by atoms with Gasteiger partial charge in [-0.25, -0.2) is 4.68 Å². The van der Waals surface area contributed by atoms with E-state index in [-0.39, 0.29) is 11.5 Å².